The summed E-state index contributed by atoms with van der Waals surface area (Å²) < 4.78 is 0. The van der Waals surface area contributed by atoms with Crippen molar-refractivity contribution in [1.29, 1.82) is 0 Å². The van der Waals surface area contributed by atoms with Gasteiger partial charge in [0.15, 0.2) is 0 Å². The van der Waals surface area contributed by atoms with Crippen molar-refractivity contribution in [3.63, 3.8) is 0 Å². The van der Waals surface area contributed by atoms with Crippen LogP contribution in [-0.4, -0.2) is 22.8 Å². The monoisotopic (exact) mass is 281 g/mol. The number of unbranched alkanes of at least 4 members (excludes halogenated alkanes) is 1. The van der Waals surface area contributed by atoms with Gasteiger partial charge in [0, 0.05) is 11.4 Å². The molecule has 0 aliphatic heterocycles. The molecule has 0 spiro atoms. The summed E-state index contributed by atoms with van der Waals surface area (Å²) in [7, 11) is 0. The van der Waals surface area contributed by atoms with Crippen molar-refractivity contribution in [3.05, 3.63) is 29.8 Å². The molecule has 0 aliphatic carbocycles. The van der Waals surface area contributed by atoms with Gasteiger partial charge in [-0.25, -0.2) is 0 Å². The molecule has 0 saturated heterocycles. The molecule has 0 aliphatic rings. The highest BCUT2D eigenvalue weighted by Crippen LogP contribution is 2.25. The van der Waals surface area contributed by atoms with Crippen LogP contribution in [0, 0.1) is 0 Å². The summed E-state index contributed by atoms with van der Waals surface area (Å²) in [4.78, 5) is 12.9. The lowest BCUT2D eigenvalue weighted by Gasteiger charge is -2.12. The maximum Gasteiger partial charge on any atom is 0.233 e. The zero-order valence-electron chi connectivity index (χ0n) is 11.8. The molecule has 4 heteroatoms. The third kappa shape index (κ3) is 5.66. The zero-order valence-corrected chi connectivity index (χ0v) is 12.7. The van der Waals surface area contributed by atoms with Crippen LogP contribution in [0.15, 0.2) is 29.2 Å². The number of aliphatic hydroxyl groups excluding tert-OH is 1. The van der Waals surface area contributed by atoms with E-state index in [9.17, 15) is 9.90 Å². The van der Waals surface area contributed by atoms with Gasteiger partial charge in [-0.1, -0.05) is 25.5 Å². The topological polar surface area (TPSA) is 49.3 Å². The van der Waals surface area contributed by atoms with Gasteiger partial charge < -0.3 is 10.4 Å². The second-order valence-corrected chi connectivity index (χ2v) is 6.06. The molecule has 106 valence electrons. The Kier molecular flexibility index (Phi) is 6.95. The van der Waals surface area contributed by atoms with Gasteiger partial charge in [-0.15, -0.1) is 11.8 Å². The average Bonchev–Trinajstić information content (AvgIpc) is 2.39. The first-order valence-corrected chi connectivity index (χ1v) is 7.65. The molecule has 1 aromatic carbocycles. The van der Waals surface area contributed by atoms with Gasteiger partial charge in [-0.2, -0.15) is 0 Å². The van der Waals surface area contributed by atoms with Gasteiger partial charge in [0.05, 0.1) is 11.4 Å². The Morgan fingerprint density at radius 3 is 2.47 bits per heavy atom. The minimum Gasteiger partial charge on any atom is -0.389 e. The number of carbonyl (C=O) groups excluding carboxylic acids is 1. The molecule has 1 aromatic rings. The first kappa shape index (κ1) is 16.1. The van der Waals surface area contributed by atoms with Crippen LogP contribution >= 0.6 is 11.8 Å². The predicted octanol–water partition coefficient (Wildman–Crippen LogP) is 3.14. The third-order valence-electron chi connectivity index (χ3n) is 2.87. The van der Waals surface area contributed by atoms with Gasteiger partial charge in [-0.05, 0) is 38.0 Å². The summed E-state index contributed by atoms with van der Waals surface area (Å²) in [6.07, 6.45) is 1.66. The second kappa shape index (κ2) is 8.23. The number of amides is 1. The van der Waals surface area contributed by atoms with Crippen molar-refractivity contribution in [2.75, 3.05) is 6.54 Å². The second-order valence-electron chi connectivity index (χ2n) is 4.65. The van der Waals surface area contributed by atoms with E-state index in [4.69, 9.17) is 0 Å². The van der Waals surface area contributed by atoms with E-state index in [0.717, 1.165) is 29.8 Å². The van der Waals surface area contributed by atoms with Crippen LogP contribution in [0.3, 0.4) is 0 Å². The van der Waals surface area contributed by atoms with Gasteiger partial charge >= 0.3 is 0 Å². The smallest absolute Gasteiger partial charge is 0.233 e. The normalized spacial score (nSPS) is 13.9. The lowest BCUT2D eigenvalue weighted by molar-refractivity contribution is -0.120. The van der Waals surface area contributed by atoms with Crippen LogP contribution in [0.2, 0.25) is 0 Å². The first-order chi connectivity index (χ1) is 9.04. The molecule has 1 rings (SSSR count). The fourth-order valence-corrected chi connectivity index (χ4v) is 2.51. The standard InChI is InChI=1S/C15H23NO2S/c1-4-5-10-16-15(18)12(3)19-14-8-6-13(7-9-14)11(2)17/h6-9,11-12,17H,4-5,10H2,1-3H3,(H,16,18). The molecule has 0 saturated carbocycles. The predicted molar refractivity (Wildman–Crippen MR) is 80.3 cm³/mol. The molecule has 0 radical (unpaired) electrons. The summed E-state index contributed by atoms with van der Waals surface area (Å²) >= 11 is 1.54. The highest BCUT2D eigenvalue weighted by molar-refractivity contribution is 8.00. The van der Waals surface area contributed by atoms with E-state index < -0.39 is 6.10 Å². The SMILES string of the molecule is CCCCNC(=O)C(C)Sc1ccc(C(C)O)cc1. The summed E-state index contributed by atoms with van der Waals surface area (Å²) in [5.74, 6) is 0.0815. The quantitative estimate of drug-likeness (QED) is 0.596. The summed E-state index contributed by atoms with van der Waals surface area (Å²) in [5.41, 5.74) is 0.893. The Hall–Kier alpha value is -1.00. The van der Waals surface area contributed by atoms with E-state index >= 15 is 0 Å². The van der Waals surface area contributed by atoms with E-state index in [1.807, 2.05) is 31.2 Å². The Bertz CT molecular complexity index is 390. The fourth-order valence-electron chi connectivity index (χ4n) is 1.61. The van der Waals surface area contributed by atoms with Gasteiger partial charge in [0.1, 0.15) is 0 Å². The number of hydrogen-bond donors (Lipinski definition) is 2. The molecule has 1 amide bonds. The largest absolute Gasteiger partial charge is 0.389 e. The Labute approximate surface area is 119 Å². The molecule has 19 heavy (non-hydrogen) atoms. The van der Waals surface area contributed by atoms with Crippen molar-refractivity contribution in [1.82, 2.24) is 5.32 Å². The number of hydrogen-bond acceptors (Lipinski definition) is 3. The Morgan fingerprint density at radius 1 is 1.32 bits per heavy atom. The van der Waals surface area contributed by atoms with Crippen molar-refractivity contribution < 1.29 is 9.90 Å². The minimum atomic E-state index is -0.450. The summed E-state index contributed by atoms with van der Waals surface area (Å²) in [6, 6.07) is 7.69. The molecular formula is C15H23NO2S. The fraction of sp³-hybridized carbons (Fsp3) is 0.533. The van der Waals surface area contributed by atoms with Crippen molar-refractivity contribution in [3.8, 4) is 0 Å². The average molecular weight is 281 g/mol. The molecule has 2 atom stereocenters. The Balaban J connectivity index is 2.47. The molecule has 2 unspecified atom stereocenters. The van der Waals surface area contributed by atoms with E-state index in [1.165, 1.54) is 11.8 Å². The highest BCUT2D eigenvalue weighted by Gasteiger charge is 2.13. The van der Waals surface area contributed by atoms with Gasteiger partial charge in [-0.3, -0.25) is 4.79 Å². The molecule has 0 heterocycles. The van der Waals surface area contributed by atoms with Gasteiger partial charge in [0.2, 0.25) is 5.91 Å². The minimum absolute atomic E-state index is 0.0815. The summed E-state index contributed by atoms with van der Waals surface area (Å²) in [6.45, 7) is 6.51. The number of benzene rings is 1. The van der Waals surface area contributed by atoms with Crippen molar-refractivity contribution >= 4 is 17.7 Å². The van der Waals surface area contributed by atoms with Gasteiger partial charge in [0.25, 0.3) is 0 Å². The zero-order chi connectivity index (χ0) is 14.3. The van der Waals surface area contributed by atoms with Crippen molar-refractivity contribution in [2.45, 2.75) is 49.9 Å². The van der Waals surface area contributed by atoms with Crippen LogP contribution in [0.25, 0.3) is 0 Å². The lowest BCUT2D eigenvalue weighted by Crippen LogP contribution is -2.31. The van der Waals surface area contributed by atoms with Crippen LogP contribution < -0.4 is 5.32 Å². The van der Waals surface area contributed by atoms with Crippen LogP contribution in [0.1, 0.15) is 45.3 Å². The first-order valence-electron chi connectivity index (χ1n) is 6.77. The molecular weight excluding hydrogens is 258 g/mol. The van der Waals surface area contributed by atoms with Crippen LogP contribution in [0.4, 0.5) is 0 Å². The molecule has 2 N–H and O–H groups in total. The molecule has 0 bridgehead atoms. The highest BCUT2D eigenvalue weighted by atomic mass is 32.2. The number of rotatable bonds is 7. The van der Waals surface area contributed by atoms with Crippen LogP contribution in [-0.2, 0) is 4.79 Å². The van der Waals surface area contributed by atoms with Crippen LogP contribution in [0.5, 0.6) is 0 Å². The maximum absolute atomic E-state index is 11.8. The van der Waals surface area contributed by atoms with E-state index in [1.54, 1.807) is 6.92 Å². The van der Waals surface area contributed by atoms with Crippen molar-refractivity contribution in [2.24, 2.45) is 0 Å². The number of carbonyl (C=O) groups is 1. The third-order valence-corrected chi connectivity index (χ3v) is 3.99. The maximum atomic E-state index is 11.8. The molecule has 3 nitrogen and oxygen atoms in total. The molecule has 0 aromatic heterocycles. The molecule has 0 fully saturated rings. The number of aliphatic hydroxyl groups is 1. The van der Waals surface area contributed by atoms with E-state index in [0.29, 0.717) is 0 Å². The Morgan fingerprint density at radius 2 is 1.95 bits per heavy atom. The lowest BCUT2D eigenvalue weighted by atomic mass is 10.1. The number of nitrogens with one attached hydrogen (secondary N) is 1. The van der Waals surface area contributed by atoms with E-state index in [2.05, 4.69) is 12.2 Å². The number of thioether (sulfide) groups is 1. The van der Waals surface area contributed by atoms with E-state index in [-0.39, 0.29) is 11.2 Å². The summed E-state index contributed by atoms with van der Waals surface area (Å²) in [5, 5.41) is 12.3.